The maximum atomic E-state index is 4.29. The van der Waals surface area contributed by atoms with Gasteiger partial charge in [-0.1, -0.05) is 0 Å². The molecule has 2 rings (SSSR count). The predicted octanol–water partition coefficient (Wildman–Crippen LogP) is 2.71. The summed E-state index contributed by atoms with van der Waals surface area (Å²) in [4.78, 5) is 0. The summed E-state index contributed by atoms with van der Waals surface area (Å²) < 4.78 is 3.97. The average Bonchev–Trinajstić information content (AvgIpc) is 2.94. The van der Waals surface area contributed by atoms with Crippen LogP contribution in [0, 0.1) is 0 Å². The summed E-state index contributed by atoms with van der Waals surface area (Å²) in [5.41, 5.74) is 1.18. The van der Waals surface area contributed by atoms with Crippen molar-refractivity contribution in [2.45, 2.75) is 39.9 Å². The van der Waals surface area contributed by atoms with Crippen molar-refractivity contribution in [3.05, 3.63) is 30.2 Å². The topological polar surface area (TPSA) is 47.7 Å². The first-order chi connectivity index (χ1) is 8.22. The van der Waals surface area contributed by atoms with Crippen LogP contribution in [0.25, 0.3) is 0 Å². The second-order valence-electron chi connectivity index (χ2n) is 4.25. The monoisotopic (exact) mass is 269 g/mol. The van der Waals surface area contributed by atoms with Crippen molar-refractivity contribution in [1.29, 1.82) is 0 Å². The number of rotatable bonds is 5. The molecule has 6 heteroatoms. The highest BCUT2D eigenvalue weighted by molar-refractivity contribution is 5.85. The molecule has 0 bridgehead atoms. The Morgan fingerprint density at radius 1 is 1.22 bits per heavy atom. The Kier molecular flexibility index (Phi) is 5.22. The van der Waals surface area contributed by atoms with Crippen LogP contribution in [0.4, 0.5) is 5.82 Å². The molecule has 0 fully saturated rings. The van der Waals surface area contributed by atoms with Gasteiger partial charge in [-0.25, -0.2) is 4.68 Å². The average molecular weight is 270 g/mol. The van der Waals surface area contributed by atoms with Crippen LogP contribution in [0.2, 0.25) is 0 Å². The number of aryl methyl sites for hydroxylation is 1. The molecule has 100 valence electrons. The highest BCUT2D eigenvalue weighted by Crippen LogP contribution is 2.14. The van der Waals surface area contributed by atoms with E-state index in [0.717, 1.165) is 18.9 Å². The van der Waals surface area contributed by atoms with Gasteiger partial charge < -0.3 is 5.32 Å². The summed E-state index contributed by atoms with van der Waals surface area (Å²) in [6.45, 7) is 8.00. The standard InChI is InChI=1S/C12H19N5.ClH/c1-4-16-11(5-7-14-16)9-13-12-6-8-15-17(12)10(2)3;/h5-8,10,13H,4,9H2,1-3H3;1H. The summed E-state index contributed by atoms with van der Waals surface area (Å²) in [5, 5.41) is 11.9. The Bertz CT molecular complexity index is 474. The minimum absolute atomic E-state index is 0. The maximum Gasteiger partial charge on any atom is 0.124 e. The summed E-state index contributed by atoms with van der Waals surface area (Å²) in [6.07, 6.45) is 3.65. The third-order valence-corrected chi connectivity index (χ3v) is 2.71. The first kappa shape index (κ1) is 14.6. The normalized spacial score (nSPS) is 10.4. The molecule has 0 aliphatic rings. The molecule has 5 nitrogen and oxygen atoms in total. The van der Waals surface area contributed by atoms with Gasteiger partial charge in [0.2, 0.25) is 0 Å². The number of anilines is 1. The van der Waals surface area contributed by atoms with Crippen LogP contribution in [-0.4, -0.2) is 19.6 Å². The smallest absolute Gasteiger partial charge is 0.124 e. The van der Waals surface area contributed by atoms with E-state index in [1.54, 1.807) is 0 Å². The van der Waals surface area contributed by atoms with Crippen LogP contribution in [0.1, 0.15) is 32.5 Å². The van der Waals surface area contributed by atoms with Crippen molar-refractivity contribution in [2.24, 2.45) is 0 Å². The lowest BCUT2D eigenvalue weighted by Gasteiger charge is -2.13. The lowest BCUT2D eigenvalue weighted by atomic mass is 10.4. The van der Waals surface area contributed by atoms with Gasteiger partial charge in [-0.2, -0.15) is 10.2 Å². The summed E-state index contributed by atoms with van der Waals surface area (Å²) in [6, 6.07) is 4.39. The van der Waals surface area contributed by atoms with E-state index in [4.69, 9.17) is 0 Å². The molecule has 0 saturated heterocycles. The van der Waals surface area contributed by atoms with Crippen molar-refractivity contribution in [3.8, 4) is 0 Å². The molecule has 0 aliphatic carbocycles. The molecule has 0 spiro atoms. The fourth-order valence-electron chi connectivity index (χ4n) is 1.84. The molecule has 2 heterocycles. The minimum atomic E-state index is 0. The van der Waals surface area contributed by atoms with Gasteiger partial charge in [-0.15, -0.1) is 12.4 Å². The quantitative estimate of drug-likeness (QED) is 0.908. The molecular formula is C12H20ClN5. The molecule has 0 saturated carbocycles. The van der Waals surface area contributed by atoms with Crippen LogP contribution >= 0.6 is 12.4 Å². The first-order valence-electron chi connectivity index (χ1n) is 6.00. The van der Waals surface area contributed by atoms with E-state index >= 15 is 0 Å². The zero-order chi connectivity index (χ0) is 12.3. The molecule has 2 aromatic rings. The van der Waals surface area contributed by atoms with Crippen molar-refractivity contribution in [3.63, 3.8) is 0 Å². The first-order valence-corrected chi connectivity index (χ1v) is 6.00. The van der Waals surface area contributed by atoms with E-state index in [0.29, 0.717) is 6.04 Å². The van der Waals surface area contributed by atoms with Gasteiger partial charge in [0.05, 0.1) is 18.4 Å². The molecule has 0 aromatic carbocycles. The Morgan fingerprint density at radius 3 is 2.61 bits per heavy atom. The van der Waals surface area contributed by atoms with Crippen LogP contribution in [0.5, 0.6) is 0 Å². The largest absolute Gasteiger partial charge is 0.365 e. The summed E-state index contributed by atoms with van der Waals surface area (Å²) in [7, 11) is 0. The molecule has 0 aliphatic heterocycles. The van der Waals surface area contributed by atoms with E-state index < -0.39 is 0 Å². The Balaban J connectivity index is 0.00000162. The fourth-order valence-corrected chi connectivity index (χ4v) is 1.84. The highest BCUT2D eigenvalue weighted by Gasteiger charge is 2.06. The minimum Gasteiger partial charge on any atom is -0.365 e. The van der Waals surface area contributed by atoms with Gasteiger partial charge in [-0.3, -0.25) is 4.68 Å². The van der Waals surface area contributed by atoms with Crippen LogP contribution in [0.3, 0.4) is 0 Å². The maximum absolute atomic E-state index is 4.29. The number of nitrogens with one attached hydrogen (secondary N) is 1. The second kappa shape index (κ2) is 6.44. The van der Waals surface area contributed by atoms with Gasteiger partial charge in [-0.05, 0) is 26.8 Å². The van der Waals surface area contributed by atoms with Crippen LogP contribution < -0.4 is 5.32 Å². The van der Waals surface area contributed by atoms with Crippen LogP contribution in [0.15, 0.2) is 24.5 Å². The van der Waals surface area contributed by atoms with Crippen LogP contribution in [-0.2, 0) is 13.1 Å². The molecule has 0 atom stereocenters. The van der Waals surface area contributed by atoms with Crippen molar-refractivity contribution >= 4 is 18.2 Å². The second-order valence-corrected chi connectivity index (χ2v) is 4.25. The molecule has 2 aromatic heterocycles. The number of hydrogen-bond acceptors (Lipinski definition) is 3. The summed E-state index contributed by atoms with van der Waals surface area (Å²) >= 11 is 0. The van der Waals surface area contributed by atoms with Gasteiger partial charge in [0.25, 0.3) is 0 Å². The van der Waals surface area contributed by atoms with Crippen molar-refractivity contribution in [1.82, 2.24) is 19.6 Å². The lowest BCUT2D eigenvalue weighted by molar-refractivity contribution is 0.536. The van der Waals surface area contributed by atoms with E-state index in [-0.39, 0.29) is 12.4 Å². The fraction of sp³-hybridized carbons (Fsp3) is 0.500. The Hall–Kier alpha value is -1.49. The zero-order valence-corrected chi connectivity index (χ0v) is 11.8. The highest BCUT2D eigenvalue weighted by atomic mass is 35.5. The third kappa shape index (κ3) is 3.04. The number of nitrogens with zero attached hydrogens (tertiary/aromatic N) is 4. The van der Waals surface area contributed by atoms with Gasteiger partial charge >= 0.3 is 0 Å². The van der Waals surface area contributed by atoms with E-state index in [1.165, 1.54) is 5.69 Å². The third-order valence-electron chi connectivity index (χ3n) is 2.71. The Labute approximate surface area is 114 Å². The molecule has 0 amide bonds. The SMILES string of the molecule is CCn1nccc1CNc1ccnn1C(C)C.Cl. The van der Waals surface area contributed by atoms with Gasteiger partial charge in [0.1, 0.15) is 5.82 Å². The number of hydrogen-bond donors (Lipinski definition) is 1. The summed E-state index contributed by atoms with van der Waals surface area (Å²) in [5.74, 6) is 1.05. The van der Waals surface area contributed by atoms with Crippen molar-refractivity contribution in [2.75, 3.05) is 5.32 Å². The van der Waals surface area contributed by atoms with Gasteiger partial charge in [0.15, 0.2) is 0 Å². The molecule has 1 N–H and O–H groups in total. The number of halogens is 1. The van der Waals surface area contributed by atoms with E-state index in [1.807, 2.05) is 33.9 Å². The molecule has 0 radical (unpaired) electrons. The van der Waals surface area contributed by atoms with E-state index in [9.17, 15) is 0 Å². The predicted molar refractivity (Wildman–Crippen MR) is 75.1 cm³/mol. The molecule has 18 heavy (non-hydrogen) atoms. The van der Waals surface area contributed by atoms with Crippen molar-refractivity contribution < 1.29 is 0 Å². The lowest BCUT2D eigenvalue weighted by Crippen LogP contribution is -2.12. The zero-order valence-electron chi connectivity index (χ0n) is 11.0. The Morgan fingerprint density at radius 2 is 1.94 bits per heavy atom. The number of aromatic nitrogens is 4. The van der Waals surface area contributed by atoms with Gasteiger partial charge in [0, 0.05) is 24.8 Å². The molecule has 0 unspecified atom stereocenters. The molecular weight excluding hydrogens is 250 g/mol. The van der Waals surface area contributed by atoms with E-state index in [2.05, 4.69) is 36.3 Å².